The van der Waals surface area contributed by atoms with Gasteiger partial charge in [0.25, 0.3) is 0 Å². The number of benzene rings is 1. The van der Waals surface area contributed by atoms with Crippen LogP contribution in [0, 0.1) is 0 Å². The SMILES string of the molecule is COCCNC(=S)N/N=C(\C)c1ccc(Cl)c(Cl)c1. The molecule has 0 atom stereocenters. The molecular weight excluding hydrogens is 305 g/mol. The summed E-state index contributed by atoms with van der Waals surface area (Å²) in [6, 6.07) is 5.33. The molecule has 104 valence electrons. The molecule has 19 heavy (non-hydrogen) atoms. The van der Waals surface area contributed by atoms with Gasteiger partial charge in [-0.15, -0.1) is 0 Å². The van der Waals surface area contributed by atoms with E-state index in [1.807, 2.05) is 13.0 Å². The highest BCUT2D eigenvalue weighted by Gasteiger charge is 2.02. The predicted molar refractivity (Wildman–Crippen MR) is 84.3 cm³/mol. The lowest BCUT2D eigenvalue weighted by Crippen LogP contribution is -2.34. The van der Waals surface area contributed by atoms with Crippen LogP contribution in [0.15, 0.2) is 23.3 Å². The topological polar surface area (TPSA) is 45.6 Å². The molecule has 0 aliphatic heterocycles. The smallest absolute Gasteiger partial charge is 0.187 e. The first-order chi connectivity index (χ1) is 9.04. The van der Waals surface area contributed by atoms with E-state index >= 15 is 0 Å². The maximum atomic E-state index is 5.95. The van der Waals surface area contributed by atoms with Gasteiger partial charge in [0.15, 0.2) is 5.11 Å². The van der Waals surface area contributed by atoms with E-state index in [1.54, 1.807) is 19.2 Å². The normalized spacial score (nSPS) is 11.3. The van der Waals surface area contributed by atoms with Gasteiger partial charge in [-0.05, 0) is 36.8 Å². The van der Waals surface area contributed by atoms with Gasteiger partial charge in [0.1, 0.15) is 0 Å². The fraction of sp³-hybridized carbons (Fsp3) is 0.333. The third-order valence-corrected chi connectivity index (χ3v) is 3.23. The van der Waals surface area contributed by atoms with Crippen molar-refractivity contribution in [2.24, 2.45) is 5.10 Å². The zero-order valence-electron chi connectivity index (χ0n) is 10.7. The van der Waals surface area contributed by atoms with Crippen LogP contribution in [0.3, 0.4) is 0 Å². The van der Waals surface area contributed by atoms with Gasteiger partial charge >= 0.3 is 0 Å². The van der Waals surface area contributed by atoms with Crippen LogP contribution in [-0.2, 0) is 4.74 Å². The average molecular weight is 320 g/mol. The summed E-state index contributed by atoms with van der Waals surface area (Å²) in [6.45, 7) is 3.06. The Morgan fingerprint density at radius 3 is 2.74 bits per heavy atom. The van der Waals surface area contributed by atoms with E-state index in [-0.39, 0.29) is 0 Å². The number of hydrogen-bond acceptors (Lipinski definition) is 3. The largest absolute Gasteiger partial charge is 0.383 e. The van der Waals surface area contributed by atoms with Gasteiger partial charge in [-0.25, -0.2) is 0 Å². The number of nitrogens with one attached hydrogen (secondary N) is 2. The highest BCUT2D eigenvalue weighted by Crippen LogP contribution is 2.22. The molecule has 0 saturated carbocycles. The lowest BCUT2D eigenvalue weighted by atomic mass is 10.1. The van der Waals surface area contributed by atoms with Crippen molar-refractivity contribution in [3.63, 3.8) is 0 Å². The lowest BCUT2D eigenvalue weighted by molar-refractivity contribution is 0.204. The molecule has 2 N–H and O–H groups in total. The van der Waals surface area contributed by atoms with Crippen LogP contribution in [0.1, 0.15) is 12.5 Å². The molecular formula is C12H15Cl2N3OS. The summed E-state index contributed by atoms with van der Waals surface area (Å²) in [5, 5.41) is 8.57. The minimum absolute atomic E-state index is 0.441. The Labute approximate surface area is 128 Å². The second-order valence-electron chi connectivity index (χ2n) is 3.69. The van der Waals surface area contributed by atoms with E-state index in [0.29, 0.717) is 28.3 Å². The van der Waals surface area contributed by atoms with Crippen molar-refractivity contribution in [2.75, 3.05) is 20.3 Å². The molecule has 0 spiro atoms. The lowest BCUT2D eigenvalue weighted by Gasteiger charge is -2.07. The fourth-order valence-electron chi connectivity index (χ4n) is 1.23. The van der Waals surface area contributed by atoms with Gasteiger partial charge in [0.2, 0.25) is 0 Å². The van der Waals surface area contributed by atoms with E-state index in [2.05, 4.69) is 15.8 Å². The molecule has 0 aliphatic carbocycles. The Morgan fingerprint density at radius 2 is 2.11 bits per heavy atom. The number of rotatable bonds is 5. The number of thiocarbonyl (C=S) groups is 1. The number of methoxy groups -OCH3 is 1. The Hall–Kier alpha value is -0.880. The third-order valence-electron chi connectivity index (χ3n) is 2.25. The minimum Gasteiger partial charge on any atom is -0.383 e. The number of hydrogen-bond donors (Lipinski definition) is 2. The van der Waals surface area contributed by atoms with Crippen molar-refractivity contribution in [3.05, 3.63) is 33.8 Å². The van der Waals surface area contributed by atoms with Gasteiger partial charge in [-0.2, -0.15) is 5.10 Å². The molecule has 0 saturated heterocycles. The highest BCUT2D eigenvalue weighted by atomic mass is 35.5. The maximum absolute atomic E-state index is 5.95. The minimum atomic E-state index is 0.441. The first-order valence-corrected chi connectivity index (χ1v) is 6.73. The van der Waals surface area contributed by atoms with Gasteiger partial charge < -0.3 is 10.1 Å². The van der Waals surface area contributed by atoms with Crippen molar-refractivity contribution in [3.8, 4) is 0 Å². The Bertz CT molecular complexity index is 480. The van der Waals surface area contributed by atoms with E-state index in [9.17, 15) is 0 Å². The average Bonchev–Trinajstić information content (AvgIpc) is 2.39. The summed E-state index contributed by atoms with van der Waals surface area (Å²) < 4.78 is 4.90. The van der Waals surface area contributed by atoms with Gasteiger partial charge in [-0.1, -0.05) is 29.3 Å². The van der Waals surface area contributed by atoms with Crippen LogP contribution >= 0.6 is 35.4 Å². The molecule has 1 rings (SSSR count). The van der Waals surface area contributed by atoms with Gasteiger partial charge in [0.05, 0.1) is 22.4 Å². The summed E-state index contributed by atoms with van der Waals surface area (Å²) >= 11 is 16.8. The zero-order chi connectivity index (χ0) is 14.3. The van der Waals surface area contributed by atoms with Crippen molar-refractivity contribution < 1.29 is 4.74 Å². The Balaban J connectivity index is 2.56. The van der Waals surface area contributed by atoms with Crippen molar-refractivity contribution in [1.29, 1.82) is 0 Å². The maximum Gasteiger partial charge on any atom is 0.187 e. The van der Waals surface area contributed by atoms with E-state index in [0.717, 1.165) is 11.3 Å². The molecule has 0 bridgehead atoms. The monoisotopic (exact) mass is 319 g/mol. The molecule has 0 aromatic heterocycles. The molecule has 0 unspecified atom stereocenters. The van der Waals surface area contributed by atoms with Gasteiger partial charge in [-0.3, -0.25) is 5.43 Å². The summed E-state index contributed by atoms with van der Waals surface area (Å²) in [5.74, 6) is 0. The molecule has 7 heteroatoms. The number of ether oxygens (including phenoxy) is 1. The molecule has 0 amide bonds. The summed E-state index contributed by atoms with van der Waals surface area (Å²) in [7, 11) is 1.63. The number of hydrazone groups is 1. The van der Waals surface area contributed by atoms with Crippen LogP contribution in [0.5, 0.6) is 0 Å². The number of nitrogens with zero attached hydrogens (tertiary/aromatic N) is 1. The third kappa shape index (κ3) is 5.74. The molecule has 4 nitrogen and oxygen atoms in total. The Kier molecular flexibility index (Phi) is 7.09. The van der Waals surface area contributed by atoms with Crippen molar-refractivity contribution >= 4 is 46.2 Å². The van der Waals surface area contributed by atoms with Crippen LogP contribution < -0.4 is 10.7 Å². The summed E-state index contributed by atoms with van der Waals surface area (Å²) in [4.78, 5) is 0. The molecule has 0 radical (unpaired) electrons. The van der Waals surface area contributed by atoms with Crippen LogP contribution in [-0.4, -0.2) is 31.1 Å². The second kappa shape index (κ2) is 8.32. The fourth-order valence-corrected chi connectivity index (χ4v) is 1.67. The number of halogens is 2. The van der Waals surface area contributed by atoms with Crippen LogP contribution in [0.4, 0.5) is 0 Å². The quantitative estimate of drug-likeness (QED) is 0.379. The molecule has 0 aliphatic rings. The van der Waals surface area contributed by atoms with Crippen LogP contribution in [0.25, 0.3) is 0 Å². The van der Waals surface area contributed by atoms with E-state index in [1.165, 1.54) is 0 Å². The standard InChI is InChI=1S/C12H15Cl2N3OS/c1-8(9-3-4-10(13)11(14)7-9)16-17-12(19)15-5-6-18-2/h3-4,7H,5-6H2,1-2H3,(H2,15,17,19)/b16-8+. The molecule has 1 aromatic carbocycles. The zero-order valence-corrected chi connectivity index (χ0v) is 13.0. The first kappa shape index (κ1) is 16.2. The summed E-state index contributed by atoms with van der Waals surface area (Å²) in [6.07, 6.45) is 0. The molecule has 1 aromatic rings. The highest BCUT2D eigenvalue weighted by molar-refractivity contribution is 7.80. The predicted octanol–water partition coefficient (Wildman–Crippen LogP) is 2.83. The van der Waals surface area contributed by atoms with Crippen molar-refractivity contribution in [1.82, 2.24) is 10.7 Å². The van der Waals surface area contributed by atoms with Crippen LogP contribution in [0.2, 0.25) is 10.0 Å². The second-order valence-corrected chi connectivity index (χ2v) is 4.91. The Morgan fingerprint density at radius 1 is 1.37 bits per heavy atom. The first-order valence-electron chi connectivity index (χ1n) is 5.57. The van der Waals surface area contributed by atoms with Gasteiger partial charge in [0, 0.05) is 13.7 Å². The van der Waals surface area contributed by atoms with E-state index < -0.39 is 0 Å². The molecule has 0 heterocycles. The molecule has 0 fully saturated rings. The van der Waals surface area contributed by atoms with E-state index in [4.69, 9.17) is 40.2 Å². The van der Waals surface area contributed by atoms with Crippen molar-refractivity contribution in [2.45, 2.75) is 6.92 Å². The summed E-state index contributed by atoms with van der Waals surface area (Å²) in [5.41, 5.74) is 4.39.